The SMILES string of the molecule is Fc1ccc(-n2c3ccccc3c3c4c5ccccc5c(-c5ccccc5)cc4c4ccccc4c32)cc1.c1ccc(-c2cc3c4ccccc4c4c(c5ccccc5n4-c4ccccc4)c3c3ccccc23)cc1.c1ccc(-c2cc3c4ccccc4c4c(c5ccccc5n4-c4ccncc4)c3c3ccccc23)cc1. The van der Waals surface area contributed by atoms with Crippen LogP contribution in [-0.2, 0) is 0 Å². The van der Waals surface area contributed by atoms with Gasteiger partial charge < -0.3 is 13.7 Å². The molecular weight excluding hydrogens is 1360 g/mol. The summed E-state index contributed by atoms with van der Waals surface area (Å²) in [5, 5.41) is 30.4. The number of hydrogen-bond donors (Lipinski definition) is 0. The average Bonchev–Trinajstić information content (AvgIpc) is 1.69. The molecule has 112 heavy (non-hydrogen) atoms. The maximum Gasteiger partial charge on any atom is 0.123 e. The van der Waals surface area contributed by atoms with E-state index in [0.717, 1.165) is 22.4 Å². The zero-order valence-corrected chi connectivity index (χ0v) is 60.8. The first-order chi connectivity index (χ1) is 55.6. The topological polar surface area (TPSA) is 27.7 Å². The lowest BCUT2D eigenvalue weighted by molar-refractivity contribution is 0.627. The summed E-state index contributed by atoms with van der Waals surface area (Å²) in [5.74, 6) is -0.232. The van der Waals surface area contributed by atoms with E-state index in [1.54, 1.807) is 12.1 Å². The minimum Gasteiger partial charge on any atom is -0.309 e. The van der Waals surface area contributed by atoms with Gasteiger partial charge in [-0.3, -0.25) is 4.98 Å². The molecule has 0 atom stereocenters. The van der Waals surface area contributed by atoms with Crippen molar-refractivity contribution in [2.45, 2.75) is 0 Å². The van der Waals surface area contributed by atoms with Crippen molar-refractivity contribution < 1.29 is 4.39 Å². The minimum absolute atomic E-state index is 0.232. The highest BCUT2D eigenvalue weighted by molar-refractivity contribution is 6.41. The Morgan fingerprint density at radius 3 is 0.741 bits per heavy atom. The van der Waals surface area contributed by atoms with Crippen LogP contribution in [0.2, 0.25) is 0 Å². The third-order valence-corrected chi connectivity index (χ3v) is 23.2. The first-order valence-corrected chi connectivity index (χ1v) is 38.4. The zero-order valence-electron chi connectivity index (χ0n) is 60.8. The van der Waals surface area contributed by atoms with Gasteiger partial charge in [0.1, 0.15) is 5.82 Å². The van der Waals surface area contributed by atoms with Crippen LogP contribution in [0.15, 0.2) is 407 Å². The Morgan fingerprint density at radius 2 is 0.420 bits per heavy atom. The van der Waals surface area contributed by atoms with E-state index >= 15 is 0 Å². The summed E-state index contributed by atoms with van der Waals surface area (Å²) in [6.45, 7) is 0. The van der Waals surface area contributed by atoms with Crippen LogP contribution in [0.5, 0.6) is 0 Å². The molecule has 24 aromatic rings. The van der Waals surface area contributed by atoms with E-state index in [9.17, 15) is 4.39 Å². The van der Waals surface area contributed by atoms with Gasteiger partial charge in [0.05, 0.1) is 33.1 Å². The Kier molecular flexibility index (Phi) is 15.1. The monoisotopic (exact) mass is 1430 g/mol. The lowest BCUT2D eigenvalue weighted by atomic mass is 9.88. The fraction of sp³-hybridized carbons (Fsp3) is 0. The van der Waals surface area contributed by atoms with Crippen LogP contribution in [0.4, 0.5) is 4.39 Å². The van der Waals surface area contributed by atoms with E-state index in [1.807, 2.05) is 24.5 Å². The van der Waals surface area contributed by atoms with Crippen molar-refractivity contribution in [3.05, 3.63) is 413 Å². The van der Waals surface area contributed by atoms with Crippen LogP contribution in [0.25, 0.3) is 213 Å². The van der Waals surface area contributed by atoms with Gasteiger partial charge in [-0.05, 0) is 183 Å². The smallest absolute Gasteiger partial charge is 0.123 e. The fourth-order valence-electron chi connectivity index (χ4n) is 18.6. The lowest BCUT2D eigenvalue weighted by Gasteiger charge is -2.16. The molecule has 20 aromatic carbocycles. The van der Waals surface area contributed by atoms with Crippen molar-refractivity contribution in [1.82, 2.24) is 18.7 Å². The predicted octanol–water partition coefficient (Wildman–Crippen LogP) is 29.3. The summed E-state index contributed by atoms with van der Waals surface area (Å²) < 4.78 is 21.1. The lowest BCUT2D eigenvalue weighted by Crippen LogP contribution is -1.95. The Hall–Kier alpha value is -14.8. The number of aromatic nitrogens is 4. The number of halogens is 1. The molecule has 4 heterocycles. The maximum atomic E-state index is 14.0. The van der Waals surface area contributed by atoms with E-state index < -0.39 is 0 Å². The molecule has 0 bridgehead atoms. The van der Waals surface area contributed by atoms with Crippen LogP contribution in [0.1, 0.15) is 0 Å². The molecule has 0 radical (unpaired) electrons. The van der Waals surface area contributed by atoms with Gasteiger partial charge in [-0.2, -0.15) is 0 Å². The second-order valence-electron chi connectivity index (χ2n) is 29.2. The van der Waals surface area contributed by atoms with Gasteiger partial charge in [0.25, 0.3) is 0 Å². The standard InChI is InChI=1S/C36H22FN.C36H23N.C35H22N2/c37-24-18-20-25(21-19-24)38-33-17-9-8-16-30(33)35-34-28-14-6-4-12-26(28)31(23-10-2-1-3-11-23)22-32(34)27-13-5-7-15-29(27)36(35)38;1-3-13-24(14-4-1)31-23-32-27-18-8-10-20-29(27)36-35(34(32)28-19-9-7-17-26(28)31)30-21-11-12-22-33(30)37(36)25-15-5-2-6-16-25;1-2-10-23(11-3-1)30-22-31-26-13-5-7-15-28(26)35-34(33(31)27-14-6-4-12-25(27)30)29-16-8-9-17-32(29)37(35)24-18-20-36-21-19-24/h1-22H;1-23H;1-22H. The van der Waals surface area contributed by atoms with E-state index in [2.05, 4.69) is 389 Å². The third-order valence-electron chi connectivity index (χ3n) is 23.2. The maximum absolute atomic E-state index is 14.0. The van der Waals surface area contributed by atoms with E-state index in [0.29, 0.717) is 0 Å². The number of rotatable bonds is 6. The first kappa shape index (κ1) is 64.4. The molecule has 0 aliphatic carbocycles. The number of pyridine rings is 1. The average molecular weight is 1430 g/mol. The second-order valence-corrected chi connectivity index (χ2v) is 29.2. The van der Waals surface area contributed by atoms with Crippen molar-refractivity contribution in [1.29, 1.82) is 0 Å². The van der Waals surface area contributed by atoms with Gasteiger partial charge in [-0.1, -0.05) is 309 Å². The molecule has 0 N–H and O–H groups in total. The van der Waals surface area contributed by atoms with Crippen molar-refractivity contribution in [3.8, 4) is 50.4 Å². The molecule has 0 unspecified atom stereocenters. The van der Waals surface area contributed by atoms with Crippen LogP contribution in [0.3, 0.4) is 0 Å². The number of hydrogen-bond acceptors (Lipinski definition) is 1. The summed E-state index contributed by atoms with van der Waals surface area (Å²) in [5.41, 5.74) is 18.0. The molecule has 0 saturated heterocycles. The van der Waals surface area contributed by atoms with Gasteiger partial charge in [0.2, 0.25) is 0 Å². The van der Waals surface area contributed by atoms with Crippen LogP contribution in [0, 0.1) is 5.82 Å². The van der Waals surface area contributed by atoms with Gasteiger partial charge in [0, 0.05) is 94.1 Å². The molecule has 522 valence electrons. The predicted molar refractivity (Wildman–Crippen MR) is 474 cm³/mol. The first-order valence-electron chi connectivity index (χ1n) is 38.4. The van der Waals surface area contributed by atoms with E-state index in [4.69, 9.17) is 0 Å². The molecule has 4 aromatic heterocycles. The van der Waals surface area contributed by atoms with Crippen molar-refractivity contribution >= 4 is 162 Å². The summed E-state index contributed by atoms with van der Waals surface area (Å²) in [4.78, 5) is 4.29. The molecule has 24 rings (SSSR count). The van der Waals surface area contributed by atoms with Gasteiger partial charge in [-0.15, -0.1) is 0 Å². The van der Waals surface area contributed by atoms with Crippen molar-refractivity contribution in [2.24, 2.45) is 0 Å². The van der Waals surface area contributed by atoms with Gasteiger partial charge >= 0.3 is 0 Å². The third kappa shape index (κ3) is 10.0. The highest BCUT2D eigenvalue weighted by Gasteiger charge is 2.26. The number of para-hydroxylation sites is 4. The molecule has 0 amide bonds. The largest absolute Gasteiger partial charge is 0.309 e. The Bertz CT molecular complexity index is 7590. The Morgan fingerprint density at radius 1 is 0.179 bits per heavy atom. The van der Waals surface area contributed by atoms with Gasteiger partial charge in [0.15, 0.2) is 0 Å². The van der Waals surface area contributed by atoms with Crippen LogP contribution < -0.4 is 0 Å². The highest BCUT2D eigenvalue weighted by Crippen LogP contribution is 2.51. The second kappa shape index (κ2) is 26.3. The molecule has 0 aliphatic heterocycles. The van der Waals surface area contributed by atoms with E-state index in [-0.39, 0.29) is 5.82 Å². The number of fused-ring (bicyclic) bond motifs is 30. The normalized spacial score (nSPS) is 11.8. The minimum atomic E-state index is -0.232. The molecule has 5 heteroatoms. The van der Waals surface area contributed by atoms with Crippen molar-refractivity contribution in [3.63, 3.8) is 0 Å². The van der Waals surface area contributed by atoms with Crippen LogP contribution >= 0.6 is 0 Å². The summed E-state index contributed by atoms with van der Waals surface area (Å²) in [6, 6.07) is 140. The van der Waals surface area contributed by atoms with Crippen LogP contribution in [-0.4, -0.2) is 18.7 Å². The summed E-state index contributed by atoms with van der Waals surface area (Å²) in [6.07, 6.45) is 3.75. The zero-order chi connectivity index (χ0) is 73.9. The Balaban J connectivity index is 0.000000103. The van der Waals surface area contributed by atoms with Crippen molar-refractivity contribution in [2.75, 3.05) is 0 Å². The highest BCUT2D eigenvalue weighted by atomic mass is 19.1. The number of nitrogens with zero attached hydrogens (tertiary/aromatic N) is 4. The molecular formula is C107H67FN4. The quantitative estimate of drug-likeness (QED) is 0.153. The summed E-state index contributed by atoms with van der Waals surface area (Å²) >= 11 is 0. The number of benzene rings is 20. The van der Waals surface area contributed by atoms with Gasteiger partial charge in [-0.25, -0.2) is 4.39 Å². The fourth-order valence-corrected chi connectivity index (χ4v) is 18.6. The molecule has 0 spiro atoms. The molecule has 0 fully saturated rings. The molecule has 0 saturated carbocycles. The molecule has 4 nitrogen and oxygen atoms in total. The molecule has 0 aliphatic rings. The Labute approximate surface area is 644 Å². The summed E-state index contributed by atoms with van der Waals surface area (Å²) in [7, 11) is 0. The van der Waals surface area contributed by atoms with E-state index in [1.165, 1.54) is 190 Å².